The minimum absolute atomic E-state index is 0.160. The molecule has 0 saturated heterocycles. The molecular weight excluding hydrogens is 754 g/mol. The number of halogens is 1. The highest BCUT2D eigenvalue weighted by atomic mass is 35.6. The number of carboxylic acid groups (broad SMARTS) is 5. The number of thioether (sulfide) groups is 1. The van der Waals surface area contributed by atoms with Gasteiger partial charge < -0.3 is 78.8 Å². The lowest BCUT2D eigenvalue weighted by Crippen LogP contribution is -2.39. The van der Waals surface area contributed by atoms with E-state index in [4.69, 9.17) is 83.5 Å². The first-order valence-corrected chi connectivity index (χ1v) is 17.1. The molecule has 0 fully saturated rings. The van der Waals surface area contributed by atoms with Gasteiger partial charge in [0, 0.05) is 4.66 Å². The van der Waals surface area contributed by atoms with E-state index in [2.05, 4.69) is 0 Å². The van der Waals surface area contributed by atoms with Crippen molar-refractivity contribution in [1.82, 2.24) is 0 Å². The minimum atomic E-state index is -2.60. The summed E-state index contributed by atoms with van der Waals surface area (Å²) in [7, 11) is -2.60. The van der Waals surface area contributed by atoms with Crippen LogP contribution in [0.15, 0.2) is 54.6 Å². The molecule has 0 saturated carbocycles. The van der Waals surface area contributed by atoms with E-state index in [0.717, 1.165) is 16.9 Å². The van der Waals surface area contributed by atoms with Crippen molar-refractivity contribution >= 4 is 41.6 Å². The van der Waals surface area contributed by atoms with Crippen LogP contribution in [0.25, 0.3) is 0 Å². The molecule has 21 nitrogen and oxygen atoms in total. The van der Waals surface area contributed by atoms with E-state index in [1.165, 1.54) is 19.1 Å². The van der Waals surface area contributed by atoms with Crippen LogP contribution in [0.3, 0.4) is 0 Å². The number of phenolic OH excluding ortho intramolecular Hbond substituents is 1. The largest absolute Gasteiger partial charge is 0.508 e. The van der Waals surface area contributed by atoms with Crippen molar-refractivity contribution in [2.75, 3.05) is 18.6 Å². The van der Waals surface area contributed by atoms with E-state index in [9.17, 15) is 24.0 Å². The van der Waals surface area contributed by atoms with Crippen LogP contribution in [0, 0.1) is 10.8 Å². The molecule has 2 aromatic rings. The Morgan fingerprint density at radius 2 is 1.04 bits per heavy atom. The number of aliphatic hydroxyl groups is 2. The standard InChI is InChI=1S/C9H11NO3.C9H11NO2.C5H11NO2S.C4H9NO3.C3H7NO3.ClHO3/c10-8(9(12)13)5-6-1-3-7(11)4-2-6;10-8(9(11)12)6-7-4-2-1-3-5-7;1-9-3-2-4(6)5(7)8;1-2(6)3(5)4(7)8;4-2(1-5)3(6)7;2-1(3)4/h1-4,8,11H,5,10H2,(H,12,13);1-5,8H,6,10H2,(H,11,12);4H,2-3,6H2,1H3,(H,7,8);2-3,6H,5H2,1H3,(H,7,8);2,5H,1,4H2,(H,6,7);2H/t2*8-;4-;2-,3+;2-;/m00010./s1. The first-order chi connectivity index (χ1) is 24.4. The zero-order valence-electron chi connectivity index (χ0n) is 28.8. The molecule has 0 aliphatic rings. The lowest BCUT2D eigenvalue weighted by atomic mass is 10.1. The summed E-state index contributed by atoms with van der Waals surface area (Å²) in [5.41, 5.74) is 27.3. The van der Waals surface area contributed by atoms with Gasteiger partial charge >= 0.3 is 29.8 Å². The summed E-state index contributed by atoms with van der Waals surface area (Å²) in [5, 5.41) is 66.7. The van der Waals surface area contributed by atoms with Gasteiger partial charge in [0.25, 0.3) is 10.8 Å². The van der Waals surface area contributed by atoms with Crippen molar-refractivity contribution < 1.29 is 89.6 Å². The fraction of sp³-hybridized carbons (Fsp3) is 0.433. The minimum Gasteiger partial charge on any atom is -0.508 e. The Balaban J connectivity index is -0.000000281. The van der Waals surface area contributed by atoms with Gasteiger partial charge in [0.15, 0.2) is 0 Å². The highest BCUT2D eigenvalue weighted by Crippen LogP contribution is 2.10. The van der Waals surface area contributed by atoms with Crippen molar-refractivity contribution in [1.29, 1.82) is 0 Å². The van der Waals surface area contributed by atoms with Crippen molar-refractivity contribution in [3.05, 3.63) is 65.7 Å². The number of hydrogen-bond acceptors (Lipinski definition) is 17. The van der Waals surface area contributed by atoms with Crippen molar-refractivity contribution in [2.24, 2.45) is 28.7 Å². The summed E-state index contributed by atoms with van der Waals surface area (Å²) in [6.45, 7) is 0.827. The quantitative estimate of drug-likeness (QED) is 0.0854. The molecule has 0 aromatic heterocycles. The van der Waals surface area contributed by atoms with Crippen molar-refractivity contribution in [2.45, 2.75) is 62.5 Å². The number of benzene rings is 2. The first kappa shape index (κ1) is 55.6. The highest BCUT2D eigenvalue weighted by Gasteiger charge is 2.16. The van der Waals surface area contributed by atoms with E-state index in [0.29, 0.717) is 12.8 Å². The van der Waals surface area contributed by atoms with Gasteiger partial charge in [0.1, 0.15) is 36.0 Å². The average molecular weight is 804 g/mol. The summed E-state index contributed by atoms with van der Waals surface area (Å²) < 4.78 is 24.0. The summed E-state index contributed by atoms with van der Waals surface area (Å²) in [6, 6.07) is 11.0. The van der Waals surface area contributed by atoms with Gasteiger partial charge in [0.2, 0.25) is 0 Å². The number of carbonyl (C=O) groups is 5. The molecule has 0 heterocycles. The third-order valence-corrected chi connectivity index (χ3v) is 6.24. The lowest BCUT2D eigenvalue weighted by molar-refractivity contribution is -1.63. The Hall–Kier alpha value is -4.17. The molecule has 2 rings (SSSR count). The summed E-state index contributed by atoms with van der Waals surface area (Å²) >= 11 is 1.60. The molecule has 0 aliphatic carbocycles. The molecule has 0 aliphatic heterocycles. The second kappa shape index (κ2) is 33.7. The molecule has 0 amide bonds. The molecule has 2 aromatic carbocycles. The molecule has 0 bridgehead atoms. The number of phenols is 1. The third-order valence-electron chi connectivity index (χ3n) is 5.59. The summed E-state index contributed by atoms with van der Waals surface area (Å²) in [6.07, 6.45) is 2.16. The Kier molecular flexibility index (Phi) is 35.3. The van der Waals surface area contributed by atoms with Gasteiger partial charge in [-0.25, -0.2) is 0 Å². The maximum absolute atomic E-state index is 10.4. The van der Waals surface area contributed by atoms with Crippen molar-refractivity contribution in [3.8, 4) is 5.75 Å². The van der Waals surface area contributed by atoms with Crippen LogP contribution >= 0.6 is 11.8 Å². The number of hydrogen-bond donors (Lipinski definition) is 14. The second-order valence-electron chi connectivity index (χ2n) is 10.1. The maximum Gasteiger partial charge on any atom is 0.323 e. The Labute approximate surface area is 312 Å². The number of rotatable bonds is 14. The Morgan fingerprint density at radius 3 is 1.28 bits per heavy atom. The summed E-state index contributed by atoms with van der Waals surface area (Å²) in [5.74, 6) is -4.28. The van der Waals surface area contributed by atoms with Crippen LogP contribution in [0.5, 0.6) is 5.75 Å². The smallest absolute Gasteiger partial charge is 0.323 e. The molecule has 23 heteroatoms. The van der Waals surface area contributed by atoms with E-state index in [1.54, 1.807) is 23.9 Å². The van der Waals surface area contributed by atoms with E-state index in [-0.39, 0.29) is 12.2 Å². The number of aromatic hydroxyl groups is 1. The van der Waals surface area contributed by atoms with Crippen LogP contribution in [0.4, 0.5) is 0 Å². The topological polar surface area (TPSA) is 444 Å². The monoisotopic (exact) mass is 803 g/mol. The lowest BCUT2D eigenvalue weighted by Gasteiger charge is -2.06. The SMILES string of the molecule is CSCC[C@H](N)C(=O)O.C[C@@H](O)[C@H](N)C(=O)O.N[C@@H](CO)C(=O)O.N[C@@H](Cc1ccc(O)cc1)C(=O)O.N[C@@H](Cc1ccccc1)C(=O)O.[O-][Cl+2]([O-])O. The second-order valence-corrected chi connectivity index (χ2v) is 11.5. The van der Waals surface area contributed by atoms with Crippen LogP contribution < -0.4 is 38.0 Å². The number of carboxylic acids is 5. The summed E-state index contributed by atoms with van der Waals surface area (Å²) in [4.78, 5) is 50.3. The fourth-order valence-electron chi connectivity index (χ4n) is 2.58. The van der Waals surface area contributed by atoms with Gasteiger partial charge in [-0.3, -0.25) is 24.0 Å². The molecule has 19 N–H and O–H groups in total. The normalized spacial score (nSPS) is 13.2. The van der Waals surface area contributed by atoms with E-state index >= 15 is 0 Å². The first-order valence-electron chi connectivity index (χ1n) is 14.7. The van der Waals surface area contributed by atoms with Gasteiger partial charge in [-0.05, 0) is 61.5 Å². The average Bonchev–Trinajstić information content (AvgIpc) is 3.08. The Morgan fingerprint density at radius 1 is 0.679 bits per heavy atom. The fourth-order valence-corrected chi connectivity index (χ4v) is 3.07. The molecule has 0 spiro atoms. The van der Waals surface area contributed by atoms with Crippen LogP contribution in [-0.2, 0) is 36.8 Å². The zero-order valence-corrected chi connectivity index (χ0v) is 30.3. The zero-order chi connectivity index (χ0) is 42.3. The maximum atomic E-state index is 10.4. The molecule has 0 unspecified atom stereocenters. The molecular formula is C30H50ClN5O16S. The molecule has 6 atom stereocenters. The van der Waals surface area contributed by atoms with E-state index < -0.39 is 83.6 Å². The van der Waals surface area contributed by atoms with Crippen LogP contribution in [0.2, 0.25) is 0 Å². The third kappa shape index (κ3) is 37.4. The number of nitrogens with two attached hydrogens (primary N) is 5. The molecule has 304 valence electrons. The highest BCUT2D eigenvalue weighted by molar-refractivity contribution is 7.98. The Bertz CT molecular complexity index is 1280. The van der Waals surface area contributed by atoms with Crippen molar-refractivity contribution in [3.63, 3.8) is 0 Å². The van der Waals surface area contributed by atoms with Gasteiger partial charge in [-0.15, -0.1) is 0 Å². The number of aliphatic hydroxyl groups excluding tert-OH is 2. The predicted octanol–water partition coefficient (Wildman–Crippen LogP) is -4.63. The van der Waals surface area contributed by atoms with E-state index in [1.807, 2.05) is 36.6 Å². The predicted molar refractivity (Wildman–Crippen MR) is 184 cm³/mol. The van der Waals surface area contributed by atoms with Gasteiger partial charge in [-0.1, -0.05) is 42.5 Å². The van der Waals surface area contributed by atoms with Crippen LogP contribution in [-0.4, -0.2) is 130 Å². The van der Waals surface area contributed by atoms with Gasteiger partial charge in [0.05, 0.1) is 12.7 Å². The molecule has 53 heavy (non-hydrogen) atoms. The molecule has 0 radical (unpaired) electrons. The van der Waals surface area contributed by atoms with Gasteiger partial charge in [-0.2, -0.15) is 11.8 Å². The van der Waals surface area contributed by atoms with Crippen LogP contribution in [0.1, 0.15) is 24.5 Å². The number of aliphatic carboxylic acids is 5.